The van der Waals surface area contributed by atoms with Crippen molar-refractivity contribution >= 4 is 33.0 Å². The van der Waals surface area contributed by atoms with Crippen molar-refractivity contribution < 1.29 is 18.8 Å². The van der Waals surface area contributed by atoms with Gasteiger partial charge in [0.25, 0.3) is 0 Å². The van der Waals surface area contributed by atoms with Gasteiger partial charge in [0, 0.05) is 16.9 Å². The van der Waals surface area contributed by atoms with Gasteiger partial charge in [-0.3, -0.25) is 0 Å². The highest BCUT2D eigenvalue weighted by atomic mass is 32.2. The van der Waals surface area contributed by atoms with E-state index in [0.29, 0.717) is 11.5 Å². The molecule has 0 bridgehead atoms. The van der Waals surface area contributed by atoms with Crippen LogP contribution in [-0.2, 0) is 34.8 Å². The van der Waals surface area contributed by atoms with Gasteiger partial charge in [0.1, 0.15) is 9.96 Å². The van der Waals surface area contributed by atoms with Crippen molar-refractivity contribution in [3.05, 3.63) is 39.8 Å². The minimum absolute atomic E-state index is 0.256. The zero-order valence-corrected chi connectivity index (χ0v) is 17.4. The van der Waals surface area contributed by atoms with Crippen molar-refractivity contribution in [1.82, 2.24) is 0 Å². The summed E-state index contributed by atoms with van der Waals surface area (Å²) in [4.78, 5) is 13.2. The number of rotatable bonds is 3. The van der Waals surface area contributed by atoms with Gasteiger partial charge < -0.3 is 15.2 Å². The number of urea groups is 1. The van der Waals surface area contributed by atoms with Gasteiger partial charge in [0.2, 0.25) is 0 Å². The zero-order valence-electron chi connectivity index (χ0n) is 15.8. The van der Waals surface area contributed by atoms with E-state index in [9.17, 15) is 14.1 Å². The van der Waals surface area contributed by atoms with Crippen LogP contribution in [0.3, 0.4) is 0 Å². The molecule has 1 aromatic heterocycles. The average molecular weight is 422 g/mol. The van der Waals surface area contributed by atoms with Gasteiger partial charge in [-0.25, -0.2) is 14.1 Å². The van der Waals surface area contributed by atoms with Gasteiger partial charge in [-0.15, -0.1) is 15.7 Å². The monoisotopic (exact) mass is 421 g/mol. The van der Waals surface area contributed by atoms with Crippen molar-refractivity contribution in [1.29, 1.82) is 0 Å². The van der Waals surface area contributed by atoms with Crippen LogP contribution in [-0.4, -0.2) is 22.0 Å². The van der Waals surface area contributed by atoms with Crippen LogP contribution in [0.2, 0.25) is 0 Å². The maximum absolute atomic E-state index is 12.9. The molecule has 9 heteroatoms. The van der Waals surface area contributed by atoms with E-state index in [2.05, 4.69) is 15.7 Å². The molecule has 7 nitrogen and oxygen atoms in total. The molecule has 1 aromatic carbocycles. The first-order valence-corrected chi connectivity index (χ1v) is 11.5. The summed E-state index contributed by atoms with van der Waals surface area (Å²) in [5, 5.41) is 18.8. The topological polar surface area (TPSA) is 114 Å². The predicted molar refractivity (Wildman–Crippen MR) is 109 cm³/mol. The second-order valence-electron chi connectivity index (χ2n) is 7.59. The summed E-state index contributed by atoms with van der Waals surface area (Å²) in [5.74, 6) is 0.803. The number of aliphatic hydroxyl groups is 1. The largest absolute Gasteiger partial charge is 0.493 e. The summed E-state index contributed by atoms with van der Waals surface area (Å²) in [5.41, 5.74) is 2.91. The summed E-state index contributed by atoms with van der Waals surface area (Å²) >= 11 is 1.09. The molecule has 0 spiro atoms. The fraction of sp³-hybridized carbons (Fsp3) is 0.421. The molecule has 0 saturated heterocycles. The zero-order chi connectivity index (χ0) is 20.1. The minimum atomic E-state index is -3.41. The Labute approximate surface area is 168 Å². The van der Waals surface area contributed by atoms with E-state index in [1.165, 1.54) is 5.56 Å². The number of carbonyl (C=O) groups excluding carboxylic acids is 1. The van der Waals surface area contributed by atoms with E-state index in [4.69, 9.17) is 9.88 Å². The summed E-state index contributed by atoms with van der Waals surface area (Å²) < 4.78 is 22.5. The fourth-order valence-electron chi connectivity index (χ4n) is 3.66. The molecule has 1 atom stereocenters. The van der Waals surface area contributed by atoms with E-state index in [0.717, 1.165) is 59.6 Å². The van der Waals surface area contributed by atoms with Crippen molar-refractivity contribution in [3.8, 4) is 5.75 Å². The Morgan fingerprint density at radius 2 is 2.11 bits per heavy atom. The number of hydrogen-bond acceptors (Lipinski definition) is 5. The molecule has 1 aliphatic carbocycles. The molecule has 2 aliphatic rings. The summed E-state index contributed by atoms with van der Waals surface area (Å²) in [6.07, 6.45) is 3.58. The summed E-state index contributed by atoms with van der Waals surface area (Å²) in [6.45, 7) is 3.84. The number of ether oxygens (including phenoxy) is 1. The van der Waals surface area contributed by atoms with Gasteiger partial charge in [-0.05, 0) is 62.4 Å². The van der Waals surface area contributed by atoms with E-state index in [1.807, 2.05) is 0 Å². The molecule has 4 rings (SSSR count). The standard InChI is InChI=1S/C19H23N3O4S2/c1-19(2,24)15-6-7-16(27-15)28(20,25)22-18(23)21-17-12-5-3-4-11(12)10-14-13(17)8-9-26-14/h6-7,10,24H,3-5,8-9H2,1-2H3,(H3,20,21,22,23,25). The SMILES string of the molecule is CC(C)(O)c1ccc(S(N)(=O)=NC(=O)Nc2c3c(cc4c2CCO4)CCC3)s1. The molecular weight excluding hydrogens is 398 g/mol. The Balaban J connectivity index is 1.65. The molecule has 1 unspecified atom stereocenters. The summed E-state index contributed by atoms with van der Waals surface area (Å²) in [6, 6.07) is 4.52. The highest BCUT2D eigenvalue weighted by Gasteiger charge is 2.27. The Morgan fingerprint density at radius 1 is 1.32 bits per heavy atom. The Hall–Kier alpha value is -1.94. The molecule has 150 valence electrons. The first kappa shape index (κ1) is 19.4. The number of hydrogen-bond donors (Lipinski definition) is 3. The molecule has 4 N–H and O–H groups in total. The van der Waals surface area contributed by atoms with Crippen molar-refractivity contribution in [2.75, 3.05) is 11.9 Å². The number of nitrogens with two attached hydrogens (primary N) is 1. The van der Waals surface area contributed by atoms with Gasteiger partial charge in [0.15, 0.2) is 9.92 Å². The lowest BCUT2D eigenvalue weighted by Gasteiger charge is -2.14. The molecule has 2 aromatic rings. The van der Waals surface area contributed by atoms with E-state index >= 15 is 0 Å². The number of thiophene rings is 1. The molecular formula is C19H23N3O4S2. The van der Waals surface area contributed by atoms with E-state index in [-0.39, 0.29) is 4.21 Å². The average Bonchev–Trinajstić information content (AvgIpc) is 3.33. The quantitative estimate of drug-likeness (QED) is 0.705. The first-order chi connectivity index (χ1) is 13.1. The lowest BCUT2D eigenvalue weighted by atomic mass is 10.0. The minimum Gasteiger partial charge on any atom is -0.493 e. The van der Waals surface area contributed by atoms with Crippen LogP contribution in [0.25, 0.3) is 0 Å². The van der Waals surface area contributed by atoms with Gasteiger partial charge in [0.05, 0.1) is 17.9 Å². The van der Waals surface area contributed by atoms with Crippen molar-refractivity contribution in [2.24, 2.45) is 9.50 Å². The number of aryl methyl sites for hydroxylation is 1. The Morgan fingerprint density at radius 3 is 2.82 bits per heavy atom. The second kappa shape index (κ2) is 6.84. The third-order valence-corrected chi connectivity index (χ3v) is 8.31. The summed E-state index contributed by atoms with van der Waals surface area (Å²) in [7, 11) is -3.41. The number of nitrogens with one attached hydrogen (secondary N) is 1. The van der Waals surface area contributed by atoms with Gasteiger partial charge in [-0.1, -0.05) is 0 Å². The first-order valence-electron chi connectivity index (χ1n) is 9.14. The maximum Gasteiger partial charge on any atom is 0.354 e. The molecule has 0 fully saturated rings. The number of nitrogens with zero attached hydrogens (tertiary/aromatic N) is 1. The van der Waals surface area contributed by atoms with E-state index in [1.54, 1.807) is 26.0 Å². The van der Waals surface area contributed by atoms with Crippen LogP contribution in [0.15, 0.2) is 26.8 Å². The van der Waals surface area contributed by atoms with Crippen molar-refractivity contribution in [2.45, 2.75) is 49.3 Å². The highest BCUT2D eigenvalue weighted by molar-refractivity contribution is 7.93. The van der Waals surface area contributed by atoms with Crippen LogP contribution in [0.5, 0.6) is 5.75 Å². The van der Waals surface area contributed by atoms with Gasteiger partial charge in [-0.2, -0.15) is 0 Å². The third-order valence-electron chi connectivity index (χ3n) is 5.00. The number of anilines is 1. The molecule has 0 radical (unpaired) electrons. The molecule has 2 amide bonds. The number of fused-ring (bicyclic) bond motifs is 2. The Kier molecular flexibility index (Phi) is 4.73. The maximum atomic E-state index is 12.9. The number of carbonyl (C=O) groups is 1. The highest BCUT2D eigenvalue weighted by Crippen LogP contribution is 2.41. The molecule has 28 heavy (non-hydrogen) atoms. The van der Waals surface area contributed by atoms with Crippen LogP contribution < -0.4 is 15.2 Å². The van der Waals surface area contributed by atoms with Crippen molar-refractivity contribution in [3.63, 3.8) is 0 Å². The van der Waals surface area contributed by atoms with Crippen LogP contribution in [0.4, 0.5) is 10.5 Å². The third kappa shape index (κ3) is 3.55. The van der Waals surface area contributed by atoms with E-state index < -0.39 is 21.5 Å². The second-order valence-corrected chi connectivity index (χ2v) is 10.7. The normalized spacial score (nSPS) is 17.4. The number of benzene rings is 1. The Bertz CT molecular complexity index is 1040. The smallest absolute Gasteiger partial charge is 0.354 e. The molecule has 2 heterocycles. The molecule has 0 saturated carbocycles. The lowest BCUT2D eigenvalue weighted by Crippen LogP contribution is -2.18. The number of amides is 2. The van der Waals surface area contributed by atoms with Crippen LogP contribution in [0, 0.1) is 0 Å². The fourth-order valence-corrected chi connectivity index (χ4v) is 5.90. The predicted octanol–water partition coefficient (Wildman–Crippen LogP) is 3.33. The molecule has 1 aliphatic heterocycles. The van der Waals surface area contributed by atoms with Crippen LogP contribution in [0.1, 0.15) is 41.8 Å². The van der Waals surface area contributed by atoms with Gasteiger partial charge >= 0.3 is 6.03 Å². The van der Waals surface area contributed by atoms with Crippen LogP contribution >= 0.6 is 11.3 Å². The lowest BCUT2D eigenvalue weighted by molar-refractivity contribution is 0.0825.